The Morgan fingerprint density at radius 3 is 2.95 bits per heavy atom. The van der Waals surface area contributed by atoms with E-state index in [-0.39, 0.29) is 12.4 Å². The second-order valence-corrected chi connectivity index (χ2v) is 5.01. The zero-order valence-electron chi connectivity index (χ0n) is 11.3. The molecule has 1 aromatic carbocycles. The Hall–Kier alpha value is -1.03. The summed E-state index contributed by atoms with van der Waals surface area (Å²) in [6.45, 7) is 7.61. The number of nitrogens with one attached hydrogen (secondary N) is 1. The first kappa shape index (κ1) is 14.4. The summed E-state index contributed by atoms with van der Waals surface area (Å²) >= 11 is 0. The first-order valence-electron chi connectivity index (χ1n) is 6.74. The number of furan rings is 1. The van der Waals surface area contributed by atoms with Gasteiger partial charge in [-0.05, 0) is 32.5 Å². The van der Waals surface area contributed by atoms with Crippen molar-refractivity contribution in [2.24, 2.45) is 0 Å². The van der Waals surface area contributed by atoms with Gasteiger partial charge in [0, 0.05) is 30.6 Å². The van der Waals surface area contributed by atoms with Crippen molar-refractivity contribution in [3.05, 3.63) is 35.6 Å². The number of aryl methyl sites for hydroxylation is 1. The first-order chi connectivity index (χ1) is 8.84. The summed E-state index contributed by atoms with van der Waals surface area (Å²) in [5, 5.41) is 4.71. The van der Waals surface area contributed by atoms with Gasteiger partial charge in [0.25, 0.3) is 0 Å². The van der Waals surface area contributed by atoms with Gasteiger partial charge in [-0.15, -0.1) is 12.4 Å². The molecule has 0 bridgehead atoms. The quantitative estimate of drug-likeness (QED) is 0.917. The van der Waals surface area contributed by atoms with E-state index in [1.807, 2.05) is 6.07 Å². The number of benzene rings is 1. The summed E-state index contributed by atoms with van der Waals surface area (Å²) in [7, 11) is 0. The highest BCUT2D eigenvalue weighted by molar-refractivity contribution is 5.85. The molecule has 0 amide bonds. The number of halogens is 1. The maximum Gasteiger partial charge on any atom is 0.134 e. The molecule has 1 fully saturated rings. The van der Waals surface area contributed by atoms with E-state index in [4.69, 9.17) is 4.42 Å². The number of nitrogens with zero attached hydrogens (tertiary/aromatic N) is 1. The van der Waals surface area contributed by atoms with Crippen LogP contribution in [0.25, 0.3) is 11.0 Å². The predicted molar refractivity (Wildman–Crippen MR) is 81.0 cm³/mol. The molecule has 1 aliphatic heterocycles. The third-order valence-electron chi connectivity index (χ3n) is 3.71. The normalized spacial score (nSPS) is 17.1. The Balaban J connectivity index is 0.00000133. The van der Waals surface area contributed by atoms with Crippen LogP contribution in [0.2, 0.25) is 0 Å². The lowest BCUT2D eigenvalue weighted by molar-refractivity contribution is 0.283. The van der Waals surface area contributed by atoms with Gasteiger partial charge in [0.1, 0.15) is 11.3 Å². The lowest BCUT2D eigenvalue weighted by Crippen LogP contribution is -2.27. The predicted octanol–water partition coefficient (Wildman–Crippen LogP) is 2.96. The topological polar surface area (TPSA) is 28.4 Å². The lowest BCUT2D eigenvalue weighted by atomic mass is 10.1. The average Bonchev–Trinajstić information content (AvgIpc) is 2.57. The van der Waals surface area contributed by atoms with Gasteiger partial charge in [-0.25, -0.2) is 0 Å². The number of rotatable bonds is 2. The summed E-state index contributed by atoms with van der Waals surface area (Å²) in [6.07, 6.45) is 1.23. The zero-order valence-corrected chi connectivity index (χ0v) is 12.1. The minimum absolute atomic E-state index is 0. The van der Waals surface area contributed by atoms with Crippen LogP contribution in [-0.4, -0.2) is 31.1 Å². The molecule has 19 heavy (non-hydrogen) atoms. The summed E-state index contributed by atoms with van der Waals surface area (Å²) < 4.78 is 5.83. The van der Waals surface area contributed by atoms with Gasteiger partial charge in [-0.2, -0.15) is 0 Å². The van der Waals surface area contributed by atoms with Crippen molar-refractivity contribution >= 4 is 23.4 Å². The Morgan fingerprint density at radius 1 is 1.21 bits per heavy atom. The van der Waals surface area contributed by atoms with E-state index in [0.29, 0.717) is 0 Å². The minimum atomic E-state index is 0. The van der Waals surface area contributed by atoms with Gasteiger partial charge in [0.2, 0.25) is 0 Å². The molecule has 1 N–H and O–H groups in total. The standard InChI is InChI=1S/C15H20N2O.ClH/c1-12-14(11-17-9-4-7-16-8-10-17)13-5-2-3-6-15(13)18-12;/h2-3,5-6,16H,4,7-11H2,1H3;1H. The fourth-order valence-corrected chi connectivity index (χ4v) is 2.70. The van der Waals surface area contributed by atoms with Gasteiger partial charge in [0.05, 0.1) is 0 Å². The van der Waals surface area contributed by atoms with Gasteiger partial charge >= 0.3 is 0 Å². The van der Waals surface area contributed by atoms with E-state index in [0.717, 1.165) is 37.5 Å². The molecule has 0 radical (unpaired) electrons. The highest BCUT2D eigenvalue weighted by atomic mass is 35.5. The van der Waals surface area contributed by atoms with E-state index in [9.17, 15) is 0 Å². The first-order valence-corrected chi connectivity index (χ1v) is 6.74. The maximum absolute atomic E-state index is 5.83. The molecule has 0 atom stereocenters. The fourth-order valence-electron chi connectivity index (χ4n) is 2.70. The summed E-state index contributed by atoms with van der Waals surface area (Å²) in [6, 6.07) is 8.34. The van der Waals surface area contributed by atoms with Crippen LogP contribution in [0.4, 0.5) is 0 Å². The summed E-state index contributed by atoms with van der Waals surface area (Å²) in [4.78, 5) is 2.52. The number of para-hydroxylation sites is 1. The molecule has 3 rings (SSSR count). The molecule has 0 unspecified atom stereocenters. The Bertz CT molecular complexity index is 530. The maximum atomic E-state index is 5.83. The van der Waals surface area contributed by atoms with E-state index < -0.39 is 0 Å². The van der Waals surface area contributed by atoms with E-state index in [1.165, 1.54) is 23.9 Å². The van der Waals surface area contributed by atoms with Crippen LogP contribution >= 0.6 is 12.4 Å². The van der Waals surface area contributed by atoms with Crippen molar-refractivity contribution in [3.8, 4) is 0 Å². The number of hydrogen-bond acceptors (Lipinski definition) is 3. The largest absolute Gasteiger partial charge is 0.461 e. The van der Waals surface area contributed by atoms with Crippen molar-refractivity contribution in [1.29, 1.82) is 0 Å². The van der Waals surface area contributed by atoms with Crippen molar-refractivity contribution in [2.45, 2.75) is 19.9 Å². The van der Waals surface area contributed by atoms with Gasteiger partial charge in [-0.1, -0.05) is 18.2 Å². The van der Waals surface area contributed by atoms with Crippen molar-refractivity contribution in [3.63, 3.8) is 0 Å². The third kappa shape index (κ3) is 3.11. The average molecular weight is 281 g/mol. The molecular formula is C15H21ClN2O. The minimum Gasteiger partial charge on any atom is -0.461 e. The molecule has 3 nitrogen and oxygen atoms in total. The number of hydrogen-bond donors (Lipinski definition) is 1. The molecule has 4 heteroatoms. The summed E-state index contributed by atoms with van der Waals surface area (Å²) in [5.74, 6) is 1.06. The Kier molecular flexibility index (Phi) is 4.86. The lowest BCUT2D eigenvalue weighted by Gasteiger charge is -2.19. The van der Waals surface area contributed by atoms with Crippen molar-refractivity contribution in [1.82, 2.24) is 10.2 Å². The SMILES string of the molecule is Cc1oc2ccccc2c1CN1CCCNCC1.Cl. The van der Waals surface area contributed by atoms with Crippen LogP contribution in [0.1, 0.15) is 17.7 Å². The van der Waals surface area contributed by atoms with Gasteiger partial charge in [0.15, 0.2) is 0 Å². The molecular weight excluding hydrogens is 260 g/mol. The van der Waals surface area contributed by atoms with Crippen molar-refractivity contribution in [2.75, 3.05) is 26.2 Å². The van der Waals surface area contributed by atoms with E-state index in [2.05, 4.69) is 35.3 Å². The van der Waals surface area contributed by atoms with E-state index >= 15 is 0 Å². The van der Waals surface area contributed by atoms with Crippen LogP contribution < -0.4 is 5.32 Å². The fraction of sp³-hybridized carbons (Fsp3) is 0.467. The van der Waals surface area contributed by atoms with Gasteiger partial charge in [-0.3, -0.25) is 4.90 Å². The van der Waals surface area contributed by atoms with Crippen LogP contribution in [-0.2, 0) is 6.54 Å². The molecule has 2 heterocycles. The van der Waals surface area contributed by atoms with E-state index in [1.54, 1.807) is 0 Å². The monoisotopic (exact) mass is 280 g/mol. The van der Waals surface area contributed by atoms with Crippen LogP contribution in [0.3, 0.4) is 0 Å². The van der Waals surface area contributed by atoms with Crippen LogP contribution in [0, 0.1) is 6.92 Å². The molecule has 0 saturated carbocycles. The van der Waals surface area contributed by atoms with Crippen molar-refractivity contribution < 1.29 is 4.42 Å². The second kappa shape index (κ2) is 6.42. The van der Waals surface area contributed by atoms with Crippen LogP contribution in [0.5, 0.6) is 0 Å². The Morgan fingerprint density at radius 2 is 2.05 bits per heavy atom. The number of fused-ring (bicyclic) bond motifs is 1. The summed E-state index contributed by atoms with van der Waals surface area (Å²) in [5.41, 5.74) is 2.37. The molecule has 1 saturated heterocycles. The molecule has 2 aromatic rings. The zero-order chi connectivity index (χ0) is 12.4. The highest BCUT2D eigenvalue weighted by Crippen LogP contribution is 2.26. The smallest absolute Gasteiger partial charge is 0.134 e. The second-order valence-electron chi connectivity index (χ2n) is 5.01. The van der Waals surface area contributed by atoms with Crippen LogP contribution in [0.15, 0.2) is 28.7 Å². The molecule has 1 aromatic heterocycles. The van der Waals surface area contributed by atoms with Gasteiger partial charge < -0.3 is 9.73 Å². The molecule has 1 aliphatic rings. The highest BCUT2D eigenvalue weighted by Gasteiger charge is 2.15. The molecule has 0 aliphatic carbocycles. The third-order valence-corrected chi connectivity index (χ3v) is 3.71. The Labute approximate surface area is 120 Å². The molecule has 0 spiro atoms. The molecule has 104 valence electrons.